The highest BCUT2D eigenvalue weighted by molar-refractivity contribution is 7.91. The number of Topliss-reactive ketones (excluding diaryl/α,β-unsaturated/α-hetero) is 1. The second-order valence-electron chi connectivity index (χ2n) is 4.86. The van der Waals surface area contributed by atoms with Crippen LogP contribution >= 0.6 is 0 Å². The minimum Gasteiger partial charge on any atom is -0.495 e. The van der Waals surface area contributed by atoms with Gasteiger partial charge in [0.1, 0.15) is 16.4 Å². The number of nitrogens with one attached hydrogen (secondary N) is 1. The Hall–Kier alpha value is -2.02. The number of sulfone groups is 1. The Morgan fingerprint density at radius 1 is 1.20 bits per heavy atom. The lowest BCUT2D eigenvalue weighted by molar-refractivity contribution is -0.124. The summed E-state index contributed by atoms with van der Waals surface area (Å²) >= 11 is 0. The topological polar surface area (TPSA) is 153 Å². The van der Waals surface area contributed by atoms with Gasteiger partial charge in [0.15, 0.2) is 9.84 Å². The van der Waals surface area contributed by atoms with Gasteiger partial charge in [-0.05, 0) is 25.1 Å². The van der Waals surface area contributed by atoms with E-state index in [0.717, 1.165) is 6.07 Å². The number of rotatable bonds is 9. The maximum Gasteiger partial charge on any atom is 0.397 e. The van der Waals surface area contributed by atoms with Gasteiger partial charge >= 0.3 is 10.4 Å². The zero-order chi connectivity index (χ0) is 19.3. The van der Waals surface area contributed by atoms with Crippen LogP contribution in [0, 0.1) is 0 Å². The number of methoxy groups -OCH3 is 1. The normalized spacial score (nSPS) is 11.8. The van der Waals surface area contributed by atoms with E-state index < -0.39 is 38.5 Å². The van der Waals surface area contributed by atoms with E-state index in [2.05, 4.69) is 9.50 Å². The number of ketones is 1. The predicted molar refractivity (Wildman–Crippen MR) is 86.5 cm³/mol. The first-order valence-electron chi connectivity index (χ1n) is 6.76. The van der Waals surface area contributed by atoms with E-state index in [1.165, 1.54) is 26.2 Å². The number of carbonyl (C=O) groups is 2. The zero-order valence-corrected chi connectivity index (χ0v) is 15.0. The molecule has 0 aliphatic heterocycles. The Morgan fingerprint density at radius 3 is 2.36 bits per heavy atom. The third-order valence-corrected chi connectivity index (χ3v) is 4.93. The highest BCUT2D eigenvalue weighted by Crippen LogP contribution is 2.28. The molecule has 0 heterocycles. The quantitative estimate of drug-likeness (QED) is 0.441. The molecule has 0 spiro atoms. The van der Waals surface area contributed by atoms with Crippen LogP contribution in [0.1, 0.15) is 13.3 Å². The predicted octanol–water partition coefficient (Wildman–Crippen LogP) is 0.206. The van der Waals surface area contributed by atoms with Gasteiger partial charge in [-0.1, -0.05) is 0 Å². The number of hydrogen-bond donors (Lipinski definition) is 2. The van der Waals surface area contributed by atoms with Crippen molar-refractivity contribution < 1.29 is 39.9 Å². The van der Waals surface area contributed by atoms with Crippen molar-refractivity contribution in [1.82, 2.24) is 0 Å². The van der Waals surface area contributed by atoms with E-state index in [9.17, 15) is 26.4 Å². The van der Waals surface area contributed by atoms with E-state index in [0.29, 0.717) is 0 Å². The summed E-state index contributed by atoms with van der Waals surface area (Å²) in [4.78, 5) is 22.2. The summed E-state index contributed by atoms with van der Waals surface area (Å²) in [6, 6.07) is 3.78. The van der Waals surface area contributed by atoms with Gasteiger partial charge in [0.25, 0.3) is 0 Å². The van der Waals surface area contributed by atoms with E-state index >= 15 is 0 Å². The molecule has 1 rings (SSSR count). The lowest BCUT2D eigenvalue weighted by atomic mass is 10.2. The molecule has 0 fully saturated rings. The standard InChI is InChI=1S/C13H17NO9S2/c1-9(15)7-13(16)14-10-3-4-11(22-2)12(8-10)24(17,18)6-5-23-25(19,20)21/h3-4,8H,5-7H2,1-2H3,(H,14,16)(H,19,20,21). The maximum absolute atomic E-state index is 12.3. The molecule has 12 heteroatoms. The molecule has 0 unspecified atom stereocenters. The smallest absolute Gasteiger partial charge is 0.397 e. The maximum atomic E-state index is 12.3. The summed E-state index contributed by atoms with van der Waals surface area (Å²) in [7, 11) is -7.58. The molecule has 0 aliphatic carbocycles. The Morgan fingerprint density at radius 2 is 1.84 bits per heavy atom. The fourth-order valence-corrected chi connectivity index (χ4v) is 3.47. The third kappa shape index (κ3) is 7.17. The van der Waals surface area contributed by atoms with Crippen molar-refractivity contribution >= 4 is 37.6 Å². The van der Waals surface area contributed by atoms with Crippen molar-refractivity contribution in [3.63, 3.8) is 0 Å². The molecule has 0 radical (unpaired) electrons. The molecule has 10 nitrogen and oxygen atoms in total. The molecule has 2 N–H and O–H groups in total. The average Bonchev–Trinajstić information content (AvgIpc) is 2.44. The summed E-state index contributed by atoms with van der Waals surface area (Å²) in [6.07, 6.45) is -0.365. The third-order valence-electron chi connectivity index (χ3n) is 2.78. The first-order valence-corrected chi connectivity index (χ1v) is 9.78. The summed E-state index contributed by atoms with van der Waals surface area (Å²) in [5, 5.41) is 2.37. The van der Waals surface area contributed by atoms with Gasteiger partial charge < -0.3 is 10.1 Å². The second kappa shape index (κ2) is 8.38. The molecular formula is C13H17NO9S2. The number of amides is 1. The van der Waals surface area contributed by atoms with E-state index in [4.69, 9.17) is 9.29 Å². The van der Waals surface area contributed by atoms with Crippen molar-refractivity contribution in [3.8, 4) is 5.75 Å². The largest absolute Gasteiger partial charge is 0.495 e. The van der Waals surface area contributed by atoms with Crippen LogP contribution in [0.4, 0.5) is 5.69 Å². The van der Waals surface area contributed by atoms with Crippen LogP contribution in [0.15, 0.2) is 23.1 Å². The number of ether oxygens (including phenoxy) is 1. The fourth-order valence-electron chi connectivity index (χ4n) is 1.79. The molecule has 1 aromatic carbocycles. The molecule has 1 aromatic rings. The molecular weight excluding hydrogens is 378 g/mol. The van der Waals surface area contributed by atoms with Gasteiger partial charge in [-0.2, -0.15) is 8.42 Å². The van der Waals surface area contributed by atoms with Crippen LogP contribution in [0.2, 0.25) is 0 Å². The van der Waals surface area contributed by atoms with Gasteiger partial charge in [0, 0.05) is 5.69 Å². The van der Waals surface area contributed by atoms with Gasteiger partial charge in [-0.3, -0.25) is 14.1 Å². The Balaban J connectivity index is 3.04. The molecule has 25 heavy (non-hydrogen) atoms. The van der Waals surface area contributed by atoms with E-state index in [-0.39, 0.29) is 28.5 Å². The summed E-state index contributed by atoms with van der Waals surface area (Å²) in [5.74, 6) is -1.76. The number of anilines is 1. The van der Waals surface area contributed by atoms with Crippen LogP contribution in [0.25, 0.3) is 0 Å². The van der Waals surface area contributed by atoms with E-state index in [1.54, 1.807) is 0 Å². The molecule has 0 aromatic heterocycles. The SMILES string of the molecule is COc1ccc(NC(=O)CC(C)=O)cc1S(=O)(=O)CCOS(=O)(=O)O. The van der Waals surface area contributed by atoms with Crippen molar-refractivity contribution in [2.24, 2.45) is 0 Å². The van der Waals surface area contributed by atoms with Gasteiger partial charge in [0.05, 0.1) is 25.9 Å². The van der Waals surface area contributed by atoms with Crippen LogP contribution in [0.5, 0.6) is 5.75 Å². The van der Waals surface area contributed by atoms with Crippen LogP contribution in [-0.2, 0) is 34.0 Å². The number of carbonyl (C=O) groups excluding carboxylic acids is 2. The lowest BCUT2D eigenvalue weighted by Gasteiger charge is -2.12. The summed E-state index contributed by atoms with van der Waals surface area (Å²) in [6.45, 7) is 0.434. The van der Waals surface area contributed by atoms with Crippen molar-refractivity contribution in [2.45, 2.75) is 18.2 Å². The highest BCUT2D eigenvalue weighted by Gasteiger charge is 2.22. The molecule has 0 atom stereocenters. The average molecular weight is 395 g/mol. The number of benzene rings is 1. The van der Waals surface area contributed by atoms with Crippen molar-refractivity contribution in [2.75, 3.05) is 24.8 Å². The summed E-state index contributed by atoms with van der Waals surface area (Å²) < 4.78 is 63.0. The van der Waals surface area contributed by atoms with Crippen LogP contribution in [0.3, 0.4) is 0 Å². The second-order valence-corrected chi connectivity index (χ2v) is 8.03. The minimum atomic E-state index is -4.76. The Bertz CT molecular complexity index is 859. The molecule has 0 saturated heterocycles. The van der Waals surface area contributed by atoms with Gasteiger partial charge in [-0.15, -0.1) is 0 Å². The molecule has 0 saturated carbocycles. The number of hydrogen-bond acceptors (Lipinski definition) is 8. The molecule has 1 amide bonds. The van der Waals surface area contributed by atoms with Gasteiger partial charge in [-0.25, -0.2) is 12.6 Å². The molecule has 0 aliphatic rings. The Kier molecular flexibility index (Phi) is 7.05. The van der Waals surface area contributed by atoms with Crippen molar-refractivity contribution in [1.29, 1.82) is 0 Å². The highest BCUT2D eigenvalue weighted by atomic mass is 32.3. The van der Waals surface area contributed by atoms with Crippen LogP contribution in [-0.4, -0.2) is 52.5 Å². The van der Waals surface area contributed by atoms with Gasteiger partial charge in [0.2, 0.25) is 5.91 Å². The Labute approximate surface area is 145 Å². The van der Waals surface area contributed by atoms with Crippen LogP contribution < -0.4 is 10.1 Å². The summed E-state index contributed by atoms with van der Waals surface area (Å²) in [5.41, 5.74) is 0.112. The molecule has 0 bridgehead atoms. The lowest BCUT2D eigenvalue weighted by Crippen LogP contribution is -2.17. The minimum absolute atomic E-state index is 0.0311. The first-order chi connectivity index (χ1) is 11.4. The van der Waals surface area contributed by atoms with Crippen molar-refractivity contribution in [3.05, 3.63) is 18.2 Å². The monoisotopic (exact) mass is 395 g/mol. The zero-order valence-electron chi connectivity index (χ0n) is 13.4. The first kappa shape index (κ1) is 21.0. The van der Waals surface area contributed by atoms with E-state index in [1.807, 2.05) is 0 Å². The fraction of sp³-hybridized carbons (Fsp3) is 0.385. The molecule has 140 valence electrons.